The van der Waals surface area contributed by atoms with Crippen LogP contribution >= 0.6 is 0 Å². The quantitative estimate of drug-likeness (QED) is 0.793. The molecule has 0 atom stereocenters. The molecule has 17 heavy (non-hydrogen) atoms. The lowest BCUT2D eigenvalue weighted by Crippen LogP contribution is -2.54. The lowest BCUT2D eigenvalue weighted by Gasteiger charge is -2.39. The number of amides is 1. The summed E-state index contributed by atoms with van der Waals surface area (Å²) in [7, 11) is 4.08. The second-order valence-electron chi connectivity index (χ2n) is 6.56. The highest BCUT2D eigenvalue weighted by Crippen LogP contribution is 2.26. The van der Waals surface area contributed by atoms with E-state index in [0.29, 0.717) is 0 Å². The van der Waals surface area contributed by atoms with Crippen molar-refractivity contribution in [3.63, 3.8) is 0 Å². The van der Waals surface area contributed by atoms with Crippen LogP contribution in [0.15, 0.2) is 0 Å². The molecule has 0 bridgehead atoms. The second kappa shape index (κ2) is 4.94. The number of nitrogens with zero attached hydrogens (tertiary/aromatic N) is 2. The molecule has 0 aromatic carbocycles. The Labute approximate surface area is 105 Å². The zero-order valence-electron chi connectivity index (χ0n) is 12.1. The van der Waals surface area contributed by atoms with Crippen molar-refractivity contribution in [3.8, 4) is 0 Å². The summed E-state index contributed by atoms with van der Waals surface area (Å²) >= 11 is 0. The monoisotopic (exact) mass is 241 g/mol. The Balaban J connectivity index is 2.87. The van der Waals surface area contributed by atoms with Crippen molar-refractivity contribution in [1.29, 1.82) is 0 Å². The number of rotatable bonds is 3. The summed E-state index contributed by atoms with van der Waals surface area (Å²) in [5.74, 6) is 0.259. The third kappa shape index (κ3) is 3.42. The van der Waals surface area contributed by atoms with Crippen LogP contribution in [-0.2, 0) is 4.79 Å². The first-order chi connectivity index (χ1) is 7.67. The van der Waals surface area contributed by atoms with E-state index < -0.39 is 0 Å². The lowest BCUT2D eigenvalue weighted by atomic mass is 9.91. The molecule has 1 aliphatic rings. The Hall–Kier alpha value is -0.610. The molecule has 1 aliphatic heterocycles. The fourth-order valence-electron chi connectivity index (χ4n) is 2.20. The first kappa shape index (κ1) is 14.5. The fraction of sp³-hybridized carbons (Fsp3) is 0.923. The maximum atomic E-state index is 12.6. The predicted octanol–water partition coefficient (Wildman–Crippen LogP) is 0.785. The molecule has 1 saturated heterocycles. The number of carbonyl (C=O) groups excluding carboxylic acids is 1. The maximum Gasteiger partial charge on any atom is 0.230 e. The van der Waals surface area contributed by atoms with E-state index in [1.54, 1.807) is 0 Å². The van der Waals surface area contributed by atoms with E-state index in [9.17, 15) is 4.79 Å². The van der Waals surface area contributed by atoms with Crippen molar-refractivity contribution >= 4 is 5.91 Å². The largest absolute Gasteiger partial charge is 0.335 e. The Morgan fingerprint density at radius 2 is 1.82 bits per heavy atom. The molecule has 4 nitrogen and oxygen atoms in total. The fourth-order valence-corrected chi connectivity index (χ4v) is 2.20. The van der Waals surface area contributed by atoms with Gasteiger partial charge in [-0.05, 0) is 41.8 Å². The molecule has 0 aromatic rings. The Kier molecular flexibility index (Phi) is 4.20. The highest BCUT2D eigenvalue weighted by Gasteiger charge is 2.41. The summed E-state index contributed by atoms with van der Waals surface area (Å²) in [5, 5.41) is 3.40. The van der Waals surface area contributed by atoms with E-state index >= 15 is 0 Å². The molecule has 0 aromatic heterocycles. The molecule has 4 heteroatoms. The number of hydrogen-bond acceptors (Lipinski definition) is 3. The van der Waals surface area contributed by atoms with E-state index in [4.69, 9.17) is 0 Å². The van der Waals surface area contributed by atoms with E-state index in [-0.39, 0.29) is 16.9 Å². The topological polar surface area (TPSA) is 35.6 Å². The summed E-state index contributed by atoms with van der Waals surface area (Å²) < 4.78 is 0. The predicted molar refractivity (Wildman–Crippen MR) is 71.0 cm³/mol. The highest BCUT2D eigenvalue weighted by molar-refractivity contribution is 5.83. The van der Waals surface area contributed by atoms with Gasteiger partial charge in [0.2, 0.25) is 5.91 Å². The molecule has 0 aliphatic carbocycles. The molecule has 0 unspecified atom stereocenters. The van der Waals surface area contributed by atoms with Crippen LogP contribution in [0.25, 0.3) is 0 Å². The Morgan fingerprint density at radius 3 is 2.35 bits per heavy atom. The van der Waals surface area contributed by atoms with E-state index in [2.05, 4.69) is 24.1 Å². The van der Waals surface area contributed by atoms with Gasteiger partial charge in [0.15, 0.2) is 0 Å². The minimum Gasteiger partial charge on any atom is -0.335 e. The second-order valence-corrected chi connectivity index (χ2v) is 6.56. The van der Waals surface area contributed by atoms with Gasteiger partial charge in [-0.2, -0.15) is 0 Å². The SMILES string of the molecule is CN(C)CCN1C(=O)C(C)(C)CNCC1(C)C. The molecule has 0 saturated carbocycles. The van der Waals surface area contributed by atoms with Gasteiger partial charge in [-0.25, -0.2) is 0 Å². The normalized spacial score (nSPS) is 23.9. The van der Waals surface area contributed by atoms with Gasteiger partial charge in [-0.1, -0.05) is 0 Å². The summed E-state index contributed by atoms with van der Waals surface area (Å²) in [6.07, 6.45) is 0. The molecule has 1 N–H and O–H groups in total. The number of likely N-dealkylation sites (N-methyl/N-ethyl adjacent to an activating group) is 1. The number of nitrogens with one attached hydrogen (secondary N) is 1. The van der Waals surface area contributed by atoms with Crippen molar-refractivity contribution in [1.82, 2.24) is 15.1 Å². The van der Waals surface area contributed by atoms with Gasteiger partial charge < -0.3 is 15.1 Å². The molecule has 1 heterocycles. The average Bonchev–Trinajstić information content (AvgIpc) is 2.21. The van der Waals surface area contributed by atoms with Crippen LogP contribution in [-0.4, -0.2) is 61.5 Å². The third-order valence-corrected chi connectivity index (χ3v) is 3.45. The molecular formula is C13H27N3O. The number of hydrogen-bond donors (Lipinski definition) is 1. The minimum atomic E-state index is -0.305. The smallest absolute Gasteiger partial charge is 0.230 e. The molecule has 100 valence electrons. The van der Waals surface area contributed by atoms with E-state index in [1.165, 1.54) is 0 Å². The summed E-state index contributed by atoms with van der Waals surface area (Å²) in [6, 6.07) is 0. The van der Waals surface area contributed by atoms with E-state index in [1.807, 2.05) is 32.8 Å². The van der Waals surface area contributed by atoms with Gasteiger partial charge in [0.1, 0.15) is 0 Å². The Morgan fingerprint density at radius 1 is 1.24 bits per heavy atom. The molecule has 0 spiro atoms. The van der Waals surface area contributed by atoms with Crippen molar-refractivity contribution in [2.24, 2.45) is 5.41 Å². The Bertz CT molecular complexity index is 284. The lowest BCUT2D eigenvalue weighted by molar-refractivity contribution is -0.143. The van der Waals surface area contributed by atoms with Gasteiger partial charge in [0.25, 0.3) is 0 Å². The molecular weight excluding hydrogens is 214 g/mol. The zero-order valence-corrected chi connectivity index (χ0v) is 12.1. The minimum absolute atomic E-state index is 0.110. The van der Waals surface area contributed by atoms with Crippen LogP contribution in [0.3, 0.4) is 0 Å². The summed E-state index contributed by atoms with van der Waals surface area (Å²) in [4.78, 5) is 16.7. The maximum absolute atomic E-state index is 12.6. The van der Waals surface area contributed by atoms with Gasteiger partial charge >= 0.3 is 0 Å². The molecule has 1 amide bonds. The van der Waals surface area contributed by atoms with Crippen molar-refractivity contribution < 1.29 is 4.79 Å². The third-order valence-electron chi connectivity index (χ3n) is 3.45. The zero-order chi connectivity index (χ0) is 13.3. The van der Waals surface area contributed by atoms with Gasteiger partial charge in [-0.15, -0.1) is 0 Å². The first-order valence-corrected chi connectivity index (χ1v) is 6.34. The molecule has 0 radical (unpaired) electrons. The summed E-state index contributed by atoms with van der Waals surface area (Å²) in [6.45, 7) is 11.6. The summed E-state index contributed by atoms with van der Waals surface area (Å²) in [5.41, 5.74) is -0.416. The van der Waals surface area contributed by atoms with Crippen LogP contribution in [0.1, 0.15) is 27.7 Å². The number of carbonyl (C=O) groups is 1. The van der Waals surface area contributed by atoms with Gasteiger partial charge in [0.05, 0.1) is 5.41 Å². The van der Waals surface area contributed by atoms with E-state index in [0.717, 1.165) is 26.2 Å². The van der Waals surface area contributed by atoms with Crippen LogP contribution in [0.4, 0.5) is 0 Å². The van der Waals surface area contributed by atoms with Gasteiger partial charge in [-0.3, -0.25) is 4.79 Å². The average molecular weight is 241 g/mol. The first-order valence-electron chi connectivity index (χ1n) is 6.34. The van der Waals surface area contributed by atoms with Crippen LogP contribution in [0.2, 0.25) is 0 Å². The standard InChI is InChI=1S/C13H27N3O/c1-12(2)9-14-10-13(3,4)16(11(12)17)8-7-15(5)6/h14H,7-10H2,1-6H3. The molecule has 1 fully saturated rings. The van der Waals surface area contributed by atoms with Crippen molar-refractivity contribution in [2.75, 3.05) is 40.3 Å². The highest BCUT2D eigenvalue weighted by atomic mass is 16.2. The van der Waals surface area contributed by atoms with Crippen molar-refractivity contribution in [3.05, 3.63) is 0 Å². The molecule has 1 rings (SSSR count). The van der Waals surface area contributed by atoms with Gasteiger partial charge in [0, 0.05) is 31.7 Å². The van der Waals surface area contributed by atoms with Crippen LogP contribution in [0.5, 0.6) is 0 Å². The van der Waals surface area contributed by atoms with Crippen LogP contribution < -0.4 is 5.32 Å². The van der Waals surface area contributed by atoms with Crippen molar-refractivity contribution in [2.45, 2.75) is 33.2 Å². The van der Waals surface area contributed by atoms with Crippen LogP contribution in [0, 0.1) is 5.41 Å².